The van der Waals surface area contributed by atoms with Crippen molar-refractivity contribution in [3.05, 3.63) is 44.1 Å². The predicted molar refractivity (Wildman–Crippen MR) is 74.3 cm³/mol. The van der Waals surface area contributed by atoms with Gasteiger partial charge in [-0.3, -0.25) is 14.8 Å². The molecule has 3 N–H and O–H groups in total. The first kappa shape index (κ1) is 12.5. The number of nitrogens with zero attached hydrogens (tertiary/aromatic N) is 1. The van der Waals surface area contributed by atoms with Gasteiger partial charge in [-0.1, -0.05) is 11.6 Å². The van der Waals surface area contributed by atoms with E-state index in [2.05, 4.69) is 19.9 Å². The Hall–Kier alpha value is -2.54. The number of H-pyrrole nitrogens is 3. The summed E-state index contributed by atoms with van der Waals surface area (Å²) < 4.78 is 5.23. The summed E-state index contributed by atoms with van der Waals surface area (Å²) in [5.74, 6) is 0.930. The Bertz CT molecular complexity index is 909. The lowest BCUT2D eigenvalue weighted by Gasteiger charge is -2.05. The third-order valence-corrected chi connectivity index (χ3v) is 3.04. The number of rotatable bonds is 2. The van der Waals surface area contributed by atoms with E-state index >= 15 is 0 Å². The highest BCUT2D eigenvalue weighted by Crippen LogP contribution is 2.30. The smallest absolute Gasteiger partial charge is 0.327 e. The van der Waals surface area contributed by atoms with Crippen LogP contribution in [0.25, 0.3) is 22.6 Å². The van der Waals surface area contributed by atoms with Crippen LogP contribution in [0.2, 0.25) is 5.02 Å². The molecular weight excluding hydrogens is 284 g/mol. The van der Waals surface area contributed by atoms with Gasteiger partial charge in [0.25, 0.3) is 5.56 Å². The van der Waals surface area contributed by atoms with Gasteiger partial charge in [0.15, 0.2) is 5.65 Å². The van der Waals surface area contributed by atoms with Crippen LogP contribution in [0.3, 0.4) is 0 Å². The molecule has 20 heavy (non-hydrogen) atoms. The fourth-order valence-corrected chi connectivity index (χ4v) is 2.10. The molecular formula is C12H9ClN4O3. The molecule has 3 rings (SSSR count). The van der Waals surface area contributed by atoms with E-state index < -0.39 is 11.2 Å². The molecule has 0 aliphatic rings. The van der Waals surface area contributed by atoms with Crippen molar-refractivity contribution in [3.63, 3.8) is 0 Å². The van der Waals surface area contributed by atoms with E-state index in [0.717, 1.165) is 0 Å². The van der Waals surface area contributed by atoms with Gasteiger partial charge >= 0.3 is 5.69 Å². The first-order valence-corrected chi connectivity index (χ1v) is 6.02. The van der Waals surface area contributed by atoms with Crippen molar-refractivity contribution < 1.29 is 4.74 Å². The normalized spacial score (nSPS) is 10.9. The van der Waals surface area contributed by atoms with Crippen LogP contribution in [0.5, 0.6) is 5.75 Å². The van der Waals surface area contributed by atoms with E-state index in [4.69, 9.17) is 16.3 Å². The third-order valence-electron chi connectivity index (χ3n) is 2.81. The number of ether oxygens (including phenoxy) is 1. The van der Waals surface area contributed by atoms with Crippen LogP contribution in [0.15, 0.2) is 27.8 Å². The van der Waals surface area contributed by atoms with Crippen molar-refractivity contribution in [1.82, 2.24) is 19.9 Å². The van der Waals surface area contributed by atoms with Gasteiger partial charge in [-0.15, -0.1) is 0 Å². The summed E-state index contributed by atoms with van der Waals surface area (Å²) in [4.78, 5) is 34.5. The molecule has 0 radical (unpaired) electrons. The molecule has 0 saturated heterocycles. The molecule has 0 spiro atoms. The van der Waals surface area contributed by atoms with Crippen LogP contribution in [0, 0.1) is 0 Å². The number of aromatic nitrogens is 4. The van der Waals surface area contributed by atoms with E-state index in [1.165, 1.54) is 7.11 Å². The summed E-state index contributed by atoms with van der Waals surface area (Å²) in [5.41, 5.74) is -0.198. The predicted octanol–water partition coefficient (Wildman–Crippen LogP) is 1.27. The maximum atomic E-state index is 11.7. The molecule has 102 valence electrons. The fraction of sp³-hybridized carbons (Fsp3) is 0.0833. The zero-order chi connectivity index (χ0) is 14.3. The van der Waals surface area contributed by atoms with Crippen molar-refractivity contribution in [3.8, 4) is 17.1 Å². The second kappa shape index (κ2) is 4.53. The van der Waals surface area contributed by atoms with Gasteiger partial charge in [-0.25, -0.2) is 9.78 Å². The van der Waals surface area contributed by atoms with Crippen molar-refractivity contribution >= 4 is 22.8 Å². The van der Waals surface area contributed by atoms with Crippen molar-refractivity contribution in [2.24, 2.45) is 0 Å². The first-order valence-electron chi connectivity index (χ1n) is 5.64. The van der Waals surface area contributed by atoms with Gasteiger partial charge in [0.1, 0.15) is 17.1 Å². The fourth-order valence-electron chi connectivity index (χ4n) is 1.93. The third kappa shape index (κ3) is 1.97. The molecule has 0 atom stereocenters. The standard InChI is InChI=1S/C12H9ClN4O3/c1-20-7-3-2-5(13)4-6(7)9-14-8-10(15-9)16-12(19)17-11(8)18/h2-4H,1H3,(H3,14,15,16,17,18,19). The molecule has 0 bridgehead atoms. The lowest BCUT2D eigenvalue weighted by atomic mass is 10.2. The average Bonchev–Trinajstić information content (AvgIpc) is 2.82. The Morgan fingerprint density at radius 3 is 2.75 bits per heavy atom. The van der Waals surface area contributed by atoms with E-state index in [9.17, 15) is 9.59 Å². The Morgan fingerprint density at radius 1 is 1.20 bits per heavy atom. The summed E-state index contributed by atoms with van der Waals surface area (Å²) in [6.07, 6.45) is 0. The summed E-state index contributed by atoms with van der Waals surface area (Å²) in [5, 5.41) is 0.503. The molecule has 7 nitrogen and oxygen atoms in total. The Kier molecular flexibility index (Phi) is 2.83. The van der Waals surface area contributed by atoms with Crippen LogP contribution >= 0.6 is 11.6 Å². The maximum Gasteiger partial charge on any atom is 0.327 e. The van der Waals surface area contributed by atoms with Crippen LogP contribution in [0.4, 0.5) is 0 Å². The summed E-state index contributed by atoms with van der Waals surface area (Å²) in [7, 11) is 1.52. The molecule has 0 unspecified atom stereocenters. The van der Waals surface area contributed by atoms with Crippen LogP contribution < -0.4 is 16.0 Å². The summed E-state index contributed by atoms with van der Waals surface area (Å²) >= 11 is 5.96. The molecule has 0 fully saturated rings. The van der Waals surface area contributed by atoms with Gasteiger partial charge in [0.2, 0.25) is 0 Å². The Morgan fingerprint density at radius 2 is 2.00 bits per heavy atom. The van der Waals surface area contributed by atoms with Crippen LogP contribution in [-0.2, 0) is 0 Å². The van der Waals surface area contributed by atoms with Crippen molar-refractivity contribution in [2.75, 3.05) is 7.11 Å². The highest BCUT2D eigenvalue weighted by Gasteiger charge is 2.13. The molecule has 1 aromatic carbocycles. The summed E-state index contributed by atoms with van der Waals surface area (Å²) in [6, 6.07) is 5.03. The second-order valence-corrected chi connectivity index (χ2v) is 4.50. The van der Waals surface area contributed by atoms with E-state index in [1.54, 1.807) is 18.2 Å². The van der Waals surface area contributed by atoms with Gasteiger partial charge < -0.3 is 9.72 Å². The highest BCUT2D eigenvalue weighted by atomic mass is 35.5. The minimum atomic E-state index is -0.612. The highest BCUT2D eigenvalue weighted by molar-refractivity contribution is 6.30. The minimum Gasteiger partial charge on any atom is -0.496 e. The molecule has 0 aliphatic carbocycles. The number of fused-ring (bicyclic) bond motifs is 1. The average molecular weight is 293 g/mol. The lowest BCUT2D eigenvalue weighted by molar-refractivity contribution is 0.416. The minimum absolute atomic E-state index is 0.177. The van der Waals surface area contributed by atoms with Gasteiger partial charge in [0.05, 0.1) is 12.7 Å². The van der Waals surface area contributed by atoms with Gasteiger partial charge in [0, 0.05) is 5.02 Å². The summed E-state index contributed by atoms with van der Waals surface area (Å²) in [6.45, 7) is 0. The van der Waals surface area contributed by atoms with Crippen LogP contribution in [-0.4, -0.2) is 27.0 Å². The largest absolute Gasteiger partial charge is 0.496 e. The SMILES string of the molecule is COc1ccc(Cl)cc1-c1nc2[nH]c(=O)[nH]c(=O)c2[nH]1. The zero-order valence-corrected chi connectivity index (χ0v) is 11.0. The Balaban J connectivity index is 2.30. The van der Waals surface area contributed by atoms with E-state index in [1.807, 2.05) is 0 Å². The second-order valence-electron chi connectivity index (χ2n) is 4.06. The van der Waals surface area contributed by atoms with Crippen molar-refractivity contribution in [1.29, 1.82) is 0 Å². The lowest BCUT2D eigenvalue weighted by Crippen LogP contribution is -2.21. The molecule has 0 amide bonds. The number of hydrogen-bond acceptors (Lipinski definition) is 4. The quantitative estimate of drug-likeness (QED) is 0.661. The van der Waals surface area contributed by atoms with Crippen LogP contribution in [0.1, 0.15) is 0 Å². The number of nitrogens with one attached hydrogen (secondary N) is 3. The number of aromatic amines is 3. The Labute approximate surface area is 116 Å². The monoisotopic (exact) mass is 292 g/mol. The topological polar surface area (TPSA) is 104 Å². The van der Waals surface area contributed by atoms with Crippen molar-refractivity contribution in [2.45, 2.75) is 0 Å². The molecule has 0 aliphatic heterocycles. The number of halogens is 1. The van der Waals surface area contributed by atoms with Gasteiger partial charge in [-0.2, -0.15) is 0 Å². The number of imidazole rings is 1. The molecule has 8 heteroatoms. The molecule has 2 heterocycles. The molecule has 2 aromatic heterocycles. The molecule has 0 saturated carbocycles. The molecule has 3 aromatic rings. The first-order chi connectivity index (χ1) is 9.58. The maximum absolute atomic E-state index is 11.7. The number of benzene rings is 1. The number of hydrogen-bond donors (Lipinski definition) is 3. The van der Waals surface area contributed by atoms with E-state index in [0.29, 0.717) is 22.2 Å². The zero-order valence-electron chi connectivity index (χ0n) is 10.3. The number of methoxy groups -OCH3 is 1. The van der Waals surface area contributed by atoms with E-state index in [-0.39, 0.29) is 11.2 Å². The van der Waals surface area contributed by atoms with Gasteiger partial charge in [-0.05, 0) is 18.2 Å².